The molecule has 0 aliphatic carbocycles. The summed E-state index contributed by atoms with van der Waals surface area (Å²) in [6, 6.07) is 19.2. The summed E-state index contributed by atoms with van der Waals surface area (Å²) in [5.41, 5.74) is 6.51. The third-order valence-corrected chi connectivity index (χ3v) is 2.79. The van der Waals surface area contributed by atoms with Crippen LogP contribution in [0.1, 0.15) is 5.56 Å². The van der Waals surface area contributed by atoms with Gasteiger partial charge < -0.3 is 0 Å². The number of anilines is 1. The number of hydrazone groups is 1. The van der Waals surface area contributed by atoms with Gasteiger partial charge in [0.1, 0.15) is 12.1 Å². The first-order valence-corrected chi connectivity index (χ1v) is 6.04. The average Bonchev–Trinajstić information content (AvgIpc) is 2.50. The van der Waals surface area contributed by atoms with E-state index in [4.69, 9.17) is 10.5 Å². The third kappa shape index (κ3) is 3.01. The molecule has 1 N–H and O–H groups in total. The second kappa shape index (κ2) is 6.17. The lowest BCUT2D eigenvalue weighted by atomic mass is 10.0. The Balaban J connectivity index is 2.37. The molecule has 2 aromatic rings. The van der Waals surface area contributed by atoms with E-state index >= 15 is 0 Å². The third-order valence-electron chi connectivity index (χ3n) is 2.79. The molecule has 0 fully saturated rings. The molecule has 0 aliphatic heterocycles. The van der Waals surface area contributed by atoms with Crippen molar-refractivity contribution >= 4 is 11.4 Å². The standard InChI is InChI=1S/C16H12N4/c1-12-6-8-13(9-7-12)15-4-2-3-5-16(15)20-19-14(10-17)11-18/h2-9,20H,1H3. The molecular weight excluding hydrogens is 248 g/mol. The molecule has 0 saturated carbocycles. The lowest BCUT2D eigenvalue weighted by Crippen LogP contribution is -1.97. The van der Waals surface area contributed by atoms with Crippen molar-refractivity contribution in [1.29, 1.82) is 10.5 Å². The SMILES string of the molecule is Cc1ccc(-c2ccccc2NN=C(C#N)C#N)cc1. The first-order valence-electron chi connectivity index (χ1n) is 6.04. The van der Waals surface area contributed by atoms with Gasteiger partial charge in [0.2, 0.25) is 5.71 Å². The molecule has 4 nitrogen and oxygen atoms in total. The Kier molecular flexibility index (Phi) is 4.11. The number of benzene rings is 2. The summed E-state index contributed by atoms with van der Waals surface area (Å²) >= 11 is 0. The normalized spacial score (nSPS) is 9.15. The predicted octanol–water partition coefficient (Wildman–Crippen LogP) is 3.48. The molecule has 0 heterocycles. The van der Waals surface area contributed by atoms with E-state index in [1.54, 1.807) is 12.1 Å². The van der Waals surface area contributed by atoms with Gasteiger partial charge in [-0.3, -0.25) is 5.43 Å². The summed E-state index contributed by atoms with van der Waals surface area (Å²) in [6.07, 6.45) is 0. The number of nitrogens with zero attached hydrogens (tertiary/aromatic N) is 3. The van der Waals surface area contributed by atoms with Crippen LogP contribution in [0.25, 0.3) is 11.1 Å². The summed E-state index contributed by atoms with van der Waals surface area (Å²) in [4.78, 5) is 0. The molecule has 96 valence electrons. The van der Waals surface area contributed by atoms with Crippen molar-refractivity contribution in [3.05, 3.63) is 54.1 Å². The second-order valence-corrected chi connectivity index (χ2v) is 4.21. The van der Waals surface area contributed by atoms with Gasteiger partial charge in [0.05, 0.1) is 5.69 Å². The molecule has 0 spiro atoms. The van der Waals surface area contributed by atoms with E-state index < -0.39 is 0 Å². The molecule has 0 atom stereocenters. The van der Waals surface area contributed by atoms with Gasteiger partial charge in [0.15, 0.2) is 0 Å². The minimum Gasteiger partial charge on any atom is -0.276 e. The average molecular weight is 260 g/mol. The van der Waals surface area contributed by atoms with E-state index in [-0.39, 0.29) is 5.71 Å². The Morgan fingerprint density at radius 1 is 1.00 bits per heavy atom. The van der Waals surface area contributed by atoms with Crippen LogP contribution in [0.4, 0.5) is 5.69 Å². The molecule has 0 bridgehead atoms. The van der Waals surface area contributed by atoms with Gasteiger partial charge in [-0.25, -0.2) is 0 Å². The van der Waals surface area contributed by atoms with Crippen LogP contribution >= 0.6 is 0 Å². The molecule has 0 unspecified atom stereocenters. The van der Waals surface area contributed by atoms with Crippen LogP contribution in [0.2, 0.25) is 0 Å². The number of hydrogen-bond acceptors (Lipinski definition) is 4. The van der Waals surface area contributed by atoms with Gasteiger partial charge in [-0.15, -0.1) is 0 Å². The summed E-state index contributed by atoms with van der Waals surface area (Å²) in [5, 5.41) is 21.1. The van der Waals surface area contributed by atoms with Gasteiger partial charge in [-0.05, 0) is 18.6 Å². The smallest absolute Gasteiger partial charge is 0.237 e. The van der Waals surface area contributed by atoms with Gasteiger partial charge in [-0.1, -0.05) is 48.0 Å². The highest BCUT2D eigenvalue weighted by Crippen LogP contribution is 2.27. The molecular formula is C16H12N4. The summed E-state index contributed by atoms with van der Waals surface area (Å²) < 4.78 is 0. The number of rotatable bonds is 3. The van der Waals surface area contributed by atoms with Crippen molar-refractivity contribution in [2.75, 3.05) is 5.43 Å². The topological polar surface area (TPSA) is 72.0 Å². The molecule has 2 rings (SSSR count). The van der Waals surface area contributed by atoms with Gasteiger partial charge in [0.25, 0.3) is 0 Å². The van der Waals surface area contributed by atoms with E-state index in [9.17, 15) is 0 Å². The maximum absolute atomic E-state index is 8.68. The van der Waals surface area contributed by atoms with Crippen LogP contribution < -0.4 is 5.43 Å². The van der Waals surface area contributed by atoms with Crippen LogP contribution in [0.15, 0.2) is 53.6 Å². The van der Waals surface area contributed by atoms with Gasteiger partial charge in [0, 0.05) is 5.56 Å². The summed E-state index contributed by atoms with van der Waals surface area (Å²) in [7, 11) is 0. The molecule has 0 aromatic heterocycles. The maximum Gasteiger partial charge on any atom is 0.237 e. The molecule has 20 heavy (non-hydrogen) atoms. The molecule has 0 radical (unpaired) electrons. The van der Waals surface area contributed by atoms with Crippen molar-refractivity contribution in [3.63, 3.8) is 0 Å². The fraction of sp³-hybridized carbons (Fsp3) is 0.0625. The Morgan fingerprint density at radius 3 is 2.30 bits per heavy atom. The molecule has 0 amide bonds. The van der Waals surface area contributed by atoms with Crippen LogP contribution in [0, 0.1) is 29.6 Å². The molecule has 0 saturated heterocycles. The minimum atomic E-state index is -0.205. The molecule has 4 heteroatoms. The Morgan fingerprint density at radius 2 is 1.65 bits per heavy atom. The lowest BCUT2D eigenvalue weighted by Gasteiger charge is -2.09. The Labute approximate surface area is 117 Å². The van der Waals surface area contributed by atoms with Crippen LogP contribution in [0.3, 0.4) is 0 Å². The minimum absolute atomic E-state index is 0.205. The van der Waals surface area contributed by atoms with Crippen molar-refractivity contribution in [2.45, 2.75) is 6.92 Å². The zero-order valence-corrected chi connectivity index (χ0v) is 11.0. The number of para-hydroxylation sites is 1. The monoisotopic (exact) mass is 260 g/mol. The molecule has 2 aromatic carbocycles. The van der Waals surface area contributed by atoms with Crippen LogP contribution in [0.5, 0.6) is 0 Å². The Bertz CT molecular complexity index is 699. The Hall–Kier alpha value is -3.11. The fourth-order valence-electron chi connectivity index (χ4n) is 1.76. The second-order valence-electron chi connectivity index (χ2n) is 4.21. The van der Waals surface area contributed by atoms with Crippen molar-refractivity contribution in [3.8, 4) is 23.3 Å². The van der Waals surface area contributed by atoms with E-state index in [1.165, 1.54) is 5.56 Å². The number of nitriles is 2. The first-order chi connectivity index (χ1) is 9.74. The van der Waals surface area contributed by atoms with E-state index in [1.807, 2.05) is 55.5 Å². The highest BCUT2D eigenvalue weighted by Gasteiger charge is 2.04. The predicted molar refractivity (Wildman–Crippen MR) is 78.9 cm³/mol. The van der Waals surface area contributed by atoms with Crippen molar-refractivity contribution in [2.24, 2.45) is 5.10 Å². The highest BCUT2D eigenvalue weighted by molar-refractivity contribution is 6.10. The van der Waals surface area contributed by atoms with E-state index in [2.05, 4.69) is 10.5 Å². The number of hydrogen-bond donors (Lipinski definition) is 1. The summed E-state index contributed by atoms with van der Waals surface area (Å²) in [6.45, 7) is 2.03. The quantitative estimate of drug-likeness (QED) is 0.678. The van der Waals surface area contributed by atoms with E-state index in [0.717, 1.165) is 16.8 Å². The largest absolute Gasteiger partial charge is 0.276 e. The highest BCUT2D eigenvalue weighted by atomic mass is 15.3. The maximum atomic E-state index is 8.68. The zero-order chi connectivity index (χ0) is 14.4. The van der Waals surface area contributed by atoms with Crippen LogP contribution in [-0.2, 0) is 0 Å². The van der Waals surface area contributed by atoms with Crippen molar-refractivity contribution < 1.29 is 0 Å². The summed E-state index contributed by atoms with van der Waals surface area (Å²) in [5.74, 6) is 0. The zero-order valence-electron chi connectivity index (χ0n) is 11.0. The fourth-order valence-corrected chi connectivity index (χ4v) is 1.76. The lowest BCUT2D eigenvalue weighted by molar-refractivity contribution is 1.34. The molecule has 0 aliphatic rings. The first kappa shape index (κ1) is 13.3. The van der Waals surface area contributed by atoms with Gasteiger partial charge in [-0.2, -0.15) is 15.6 Å². The van der Waals surface area contributed by atoms with E-state index in [0.29, 0.717) is 0 Å². The van der Waals surface area contributed by atoms with Crippen LogP contribution in [-0.4, -0.2) is 5.71 Å². The number of nitrogens with one attached hydrogen (secondary N) is 1. The number of aryl methyl sites for hydroxylation is 1. The van der Waals surface area contributed by atoms with Crippen molar-refractivity contribution in [1.82, 2.24) is 0 Å². The van der Waals surface area contributed by atoms with Gasteiger partial charge >= 0.3 is 0 Å².